The van der Waals surface area contributed by atoms with Crippen molar-refractivity contribution in [3.8, 4) is 5.75 Å². The third-order valence-electron chi connectivity index (χ3n) is 4.97. The number of hydrogen-bond donors (Lipinski definition) is 1. The van der Waals surface area contributed by atoms with E-state index in [1.165, 1.54) is 6.07 Å². The number of anilines is 1. The molecule has 0 radical (unpaired) electrons. The number of primary sulfonamides is 1. The minimum absolute atomic E-state index is 0.00325. The average molecular weight is 387 g/mol. The number of carbonyl (C=O) groups excluding carboxylic acids is 1. The number of para-hydroxylation sites is 1. The number of nitrogens with two attached hydrogens (primary N) is 1. The Morgan fingerprint density at radius 1 is 1.11 bits per heavy atom. The molecule has 27 heavy (non-hydrogen) atoms. The Labute approximate surface area is 158 Å². The third-order valence-corrected chi connectivity index (χ3v) is 5.88. The highest BCUT2D eigenvalue weighted by atomic mass is 32.2. The van der Waals surface area contributed by atoms with E-state index in [2.05, 4.69) is 4.90 Å². The summed E-state index contributed by atoms with van der Waals surface area (Å²) < 4.78 is 28.8. The number of benzene rings is 2. The van der Waals surface area contributed by atoms with Gasteiger partial charge in [0, 0.05) is 30.9 Å². The predicted molar refractivity (Wildman–Crippen MR) is 101 cm³/mol. The Morgan fingerprint density at radius 3 is 2.74 bits per heavy atom. The van der Waals surface area contributed by atoms with Gasteiger partial charge in [0.1, 0.15) is 12.4 Å². The lowest BCUT2D eigenvalue weighted by atomic mass is 10.2. The zero-order chi connectivity index (χ0) is 19.0. The Hall–Kier alpha value is -2.42. The maximum absolute atomic E-state index is 12.9. The number of carbonyl (C=O) groups is 1. The second-order valence-corrected chi connectivity index (χ2v) is 8.36. The summed E-state index contributed by atoms with van der Waals surface area (Å²) in [6, 6.07) is 12.5. The standard InChI is InChI=1S/C19H21N3O4S/c20-27(24,25)16-5-6-17-14(11-16)7-8-22(17)19(23)13-21-9-10-26-18-4-2-1-3-15(18)12-21/h1-6,11H,7-10,12-13H2,(H2,20,24,25). The minimum Gasteiger partial charge on any atom is -0.492 e. The smallest absolute Gasteiger partial charge is 0.241 e. The molecular formula is C19H21N3O4S. The molecule has 2 N–H and O–H groups in total. The molecule has 0 atom stereocenters. The summed E-state index contributed by atoms with van der Waals surface area (Å²) >= 11 is 0. The van der Waals surface area contributed by atoms with Crippen LogP contribution in [0.25, 0.3) is 0 Å². The number of nitrogens with zero attached hydrogens (tertiary/aromatic N) is 2. The van der Waals surface area contributed by atoms with E-state index in [1.807, 2.05) is 24.3 Å². The summed E-state index contributed by atoms with van der Waals surface area (Å²) in [4.78, 5) is 16.8. The lowest BCUT2D eigenvalue weighted by Crippen LogP contribution is -2.40. The molecule has 0 saturated heterocycles. The normalized spacial score (nSPS) is 17.0. The number of amides is 1. The van der Waals surface area contributed by atoms with Crippen LogP contribution in [-0.4, -0.2) is 45.5 Å². The number of sulfonamides is 1. The van der Waals surface area contributed by atoms with Crippen LogP contribution in [0.15, 0.2) is 47.4 Å². The SMILES string of the molecule is NS(=O)(=O)c1ccc2c(c1)CCN2C(=O)CN1CCOc2ccccc2C1. The second kappa shape index (κ2) is 6.95. The summed E-state index contributed by atoms with van der Waals surface area (Å²) in [7, 11) is -3.74. The van der Waals surface area contributed by atoms with E-state index < -0.39 is 10.0 Å². The molecule has 0 aliphatic carbocycles. The van der Waals surface area contributed by atoms with Gasteiger partial charge < -0.3 is 9.64 Å². The van der Waals surface area contributed by atoms with Gasteiger partial charge in [-0.05, 0) is 36.2 Å². The molecule has 8 heteroatoms. The fourth-order valence-electron chi connectivity index (χ4n) is 3.61. The molecule has 0 saturated carbocycles. The first-order chi connectivity index (χ1) is 12.9. The summed E-state index contributed by atoms with van der Waals surface area (Å²) in [5.41, 5.74) is 2.67. The van der Waals surface area contributed by atoms with Crippen molar-refractivity contribution in [2.45, 2.75) is 17.9 Å². The Kier molecular flexibility index (Phi) is 4.63. The van der Waals surface area contributed by atoms with Gasteiger partial charge in [0.25, 0.3) is 0 Å². The topological polar surface area (TPSA) is 92.9 Å². The first-order valence-electron chi connectivity index (χ1n) is 8.81. The molecule has 0 fully saturated rings. The van der Waals surface area contributed by atoms with Crippen molar-refractivity contribution in [1.29, 1.82) is 0 Å². The lowest BCUT2D eigenvalue weighted by Gasteiger charge is -2.23. The zero-order valence-corrected chi connectivity index (χ0v) is 15.6. The summed E-state index contributed by atoms with van der Waals surface area (Å²) in [5, 5.41) is 5.20. The van der Waals surface area contributed by atoms with E-state index in [0.717, 1.165) is 22.6 Å². The third kappa shape index (κ3) is 3.69. The van der Waals surface area contributed by atoms with E-state index in [0.29, 0.717) is 32.7 Å². The van der Waals surface area contributed by atoms with E-state index >= 15 is 0 Å². The highest BCUT2D eigenvalue weighted by Crippen LogP contribution is 2.30. The molecule has 0 aromatic heterocycles. The average Bonchev–Trinajstić information content (AvgIpc) is 2.95. The van der Waals surface area contributed by atoms with Crippen LogP contribution in [0.1, 0.15) is 11.1 Å². The molecule has 7 nitrogen and oxygen atoms in total. The Morgan fingerprint density at radius 2 is 1.93 bits per heavy atom. The minimum atomic E-state index is -3.74. The van der Waals surface area contributed by atoms with Crippen LogP contribution in [0.4, 0.5) is 5.69 Å². The van der Waals surface area contributed by atoms with Crippen molar-refractivity contribution >= 4 is 21.6 Å². The van der Waals surface area contributed by atoms with Gasteiger partial charge in [0.15, 0.2) is 0 Å². The van der Waals surface area contributed by atoms with Gasteiger partial charge in [0.05, 0.1) is 11.4 Å². The van der Waals surface area contributed by atoms with Crippen LogP contribution in [0.5, 0.6) is 5.75 Å². The molecule has 2 aliphatic rings. The molecule has 2 heterocycles. The summed E-state index contributed by atoms with van der Waals surface area (Å²) in [6.45, 7) is 2.70. The molecule has 0 bridgehead atoms. The van der Waals surface area contributed by atoms with E-state index in [1.54, 1.807) is 17.0 Å². The molecule has 2 aliphatic heterocycles. The maximum Gasteiger partial charge on any atom is 0.241 e. The quantitative estimate of drug-likeness (QED) is 0.852. The molecule has 142 valence electrons. The Balaban J connectivity index is 1.49. The first kappa shape index (κ1) is 18.0. The fraction of sp³-hybridized carbons (Fsp3) is 0.316. The van der Waals surface area contributed by atoms with Crippen molar-refractivity contribution in [2.24, 2.45) is 5.14 Å². The number of rotatable bonds is 3. The molecule has 4 rings (SSSR count). The fourth-order valence-corrected chi connectivity index (χ4v) is 4.17. The molecular weight excluding hydrogens is 366 g/mol. The number of ether oxygens (including phenoxy) is 1. The highest BCUT2D eigenvalue weighted by Gasteiger charge is 2.28. The van der Waals surface area contributed by atoms with E-state index in [9.17, 15) is 13.2 Å². The summed E-state index contributed by atoms with van der Waals surface area (Å²) in [5.74, 6) is 0.867. The van der Waals surface area contributed by atoms with Gasteiger partial charge in [-0.2, -0.15) is 0 Å². The second-order valence-electron chi connectivity index (χ2n) is 6.80. The maximum atomic E-state index is 12.9. The largest absolute Gasteiger partial charge is 0.492 e. The first-order valence-corrected chi connectivity index (χ1v) is 10.4. The molecule has 0 spiro atoms. The van der Waals surface area contributed by atoms with Crippen molar-refractivity contribution < 1.29 is 17.9 Å². The zero-order valence-electron chi connectivity index (χ0n) is 14.8. The van der Waals surface area contributed by atoms with E-state index in [-0.39, 0.29) is 17.3 Å². The van der Waals surface area contributed by atoms with Crippen LogP contribution in [-0.2, 0) is 27.8 Å². The van der Waals surface area contributed by atoms with Crippen molar-refractivity contribution in [1.82, 2.24) is 4.90 Å². The number of hydrogen-bond acceptors (Lipinski definition) is 5. The molecule has 1 amide bonds. The van der Waals surface area contributed by atoms with Gasteiger partial charge in [-0.25, -0.2) is 13.6 Å². The van der Waals surface area contributed by atoms with Crippen LogP contribution < -0.4 is 14.8 Å². The Bertz CT molecular complexity index is 990. The predicted octanol–water partition coefficient (Wildman–Crippen LogP) is 1.12. The highest BCUT2D eigenvalue weighted by molar-refractivity contribution is 7.89. The van der Waals surface area contributed by atoms with Crippen LogP contribution >= 0.6 is 0 Å². The van der Waals surface area contributed by atoms with Gasteiger partial charge in [-0.3, -0.25) is 9.69 Å². The van der Waals surface area contributed by atoms with Crippen LogP contribution in [0.3, 0.4) is 0 Å². The lowest BCUT2D eigenvalue weighted by molar-refractivity contribution is -0.119. The van der Waals surface area contributed by atoms with Crippen molar-refractivity contribution in [3.63, 3.8) is 0 Å². The summed E-state index contributed by atoms with van der Waals surface area (Å²) in [6.07, 6.45) is 0.621. The molecule has 2 aromatic rings. The molecule has 2 aromatic carbocycles. The van der Waals surface area contributed by atoms with Gasteiger partial charge in [-0.15, -0.1) is 0 Å². The van der Waals surface area contributed by atoms with Gasteiger partial charge in [-0.1, -0.05) is 18.2 Å². The monoisotopic (exact) mass is 387 g/mol. The van der Waals surface area contributed by atoms with Crippen LogP contribution in [0.2, 0.25) is 0 Å². The number of fused-ring (bicyclic) bond motifs is 2. The van der Waals surface area contributed by atoms with Gasteiger partial charge in [0.2, 0.25) is 15.9 Å². The van der Waals surface area contributed by atoms with Gasteiger partial charge >= 0.3 is 0 Å². The van der Waals surface area contributed by atoms with Crippen LogP contribution in [0, 0.1) is 0 Å². The van der Waals surface area contributed by atoms with E-state index in [4.69, 9.17) is 9.88 Å². The van der Waals surface area contributed by atoms with Crippen molar-refractivity contribution in [2.75, 3.05) is 31.1 Å². The molecule has 0 unspecified atom stereocenters. The van der Waals surface area contributed by atoms with Crippen molar-refractivity contribution in [3.05, 3.63) is 53.6 Å².